The molecule has 0 aromatic heterocycles. The van der Waals surface area contributed by atoms with Gasteiger partial charge in [0.15, 0.2) is 23.6 Å². The van der Waals surface area contributed by atoms with Gasteiger partial charge < -0.3 is 15.5 Å². The quantitative estimate of drug-likeness (QED) is 0.690. The summed E-state index contributed by atoms with van der Waals surface area (Å²) >= 11 is 0. The summed E-state index contributed by atoms with van der Waals surface area (Å²) in [5.74, 6) is -7.05. The molecule has 0 bridgehead atoms. The average molecular weight is 277 g/mol. The molecule has 0 fully saturated rings. The Kier molecular flexibility index (Phi) is 4.87. The summed E-state index contributed by atoms with van der Waals surface area (Å²) in [6.45, 7) is -0.215. The van der Waals surface area contributed by atoms with Crippen molar-refractivity contribution in [2.24, 2.45) is 0 Å². The molecule has 1 rings (SSSR count). The zero-order valence-corrected chi connectivity index (χ0v) is 9.49. The second kappa shape index (κ2) is 6.19. The molecule has 1 aromatic carbocycles. The number of amides is 1. The third-order valence-corrected chi connectivity index (χ3v) is 2.23. The maximum absolute atomic E-state index is 12.8. The average Bonchev–Trinajstić information content (AvgIpc) is 2.34. The summed E-state index contributed by atoms with van der Waals surface area (Å²) < 4.78 is 38.3. The van der Waals surface area contributed by atoms with E-state index < -0.39 is 41.0 Å². The molecule has 1 aromatic rings. The first-order valence-corrected chi connectivity index (χ1v) is 5.16. The van der Waals surface area contributed by atoms with Crippen molar-refractivity contribution < 1.29 is 33.0 Å². The van der Waals surface area contributed by atoms with Gasteiger partial charge >= 0.3 is 5.97 Å². The van der Waals surface area contributed by atoms with Crippen LogP contribution in [0.3, 0.4) is 0 Å². The number of carbonyl (C=O) groups excluding carboxylic acids is 1. The van der Waals surface area contributed by atoms with Crippen LogP contribution < -0.4 is 5.32 Å². The van der Waals surface area contributed by atoms with E-state index in [1.807, 2.05) is 0 Å². The first-order valence-electron chi connectivity index (χ1n) is 5.16. The van der Waals surface area contributed by atoms with Gasteiger partial charge in [0.25, 0.3) is 5.91 Å². The zero-order valence-electron chi connectivity index (χ0n) is 9.49. The highest BCUT2D eigenvalue weighted by atomic mass is 19.2. The Labute approximate surface area is 105 Å². The molecule has 0 aliphatic heterocycles. The van der Waals surface area contributed by atoms with Gasteiger partial charge in [0, 0.05) is 18.5 Å². The standard InChI is InChI=1S/C11H10F3NO4/c12-6-3-5(4-7(13)9(6)14)10(17)15-2-1-8(16)11(18)19/h3-4,8,16H,1-2H2,(H,15,17)(H,18,19). The van der Waals surface area contributed by atoms with Crippen LogP contribution in [0.2, 0.25) is 0 Å². The van der Waals surface area contributed by atoms with E-state index in [2.05, 4.69) is 5.32 Å². The van der Waals surface area contributed by atoms with Crippen LogP contribution in [0.5, 0.6) is 0 Å². The zero-order chi connectivity index (χ0) is 14.6. The summed E-state index contributed by atoms with van der Waals surface area (Å²) in [5.41, 5.74) is -0.443. The molecule has 0 saturated heterocycles. The summed E-state index contributed by atoms with van der Waals surface area (Å²) in [6, 6.07) is 1.03. The first kappa shape index (κ1) is 15.0. The molecule has 0 aliphatic rings. The normalized spacial score (nSPS) is 12.0. The number of aliphatic hydroxyl groups excluding tert-OH is 1. The molecule has 1 amide bonds. The van der Waals surface area contributed by atoms with E-state index in [4.69, 9.17) is 10.2 Å². The van der Waals surface area contributed by atoms with E-state index >= 15 is 0 Å². The fourth-order valence-electron chi connectivity index (χ4n) is 1.23. The number of rotatable bonds is 5. The molecule has 1 unspecified atom stereocenters. The van der Waals surface area contributed by atoms with Gasteiger partial charge in [-0.2, -0.15) is 0 Å². The molecule has 0 heterocycles. The SMILES string of the molecule is O=C(NCCC(O)C(=O)O)c1cc(F)c(F)c(F)c1. The van der Waals surface area contributed by atoms with Crippen molar-refractivity contribution in [3.05, 3.63) is 35.1 Å². The summed E-state index contributed by atoms with van der Waals surface area (Å²) in [6.07, 6.45) is -1.92. The third kappa shape index (κ3) is 3.95. The summed E-state index contributed by atoms with van der Waals surface area (Å²) in [7, 11) is 0. The number of carbonyl (C=O) groups is 2. The van der Waals surface area contributed by atoms with Crippen LogP contribution in [0.4, 0.5) is 13.2 Å². The highest BCUT2D eigenvalue weighted by Crippen LogP contribution is 2.13. The topological polar surface area (TPSA) is 86.6 Å². The highest BCUT2D eigenvalue weighted by molar-refractivity contribution is 5.94. The van der Waals surface area contributed by atoms with Crippen LogP contribution >= 0.6 is 0 Å². The Morgan fingerprint density at radius 2 is 1.74 bits per heavy atom. The minimum Gasteiger partial charge on any atom is -0.479 e. The first-order chi connectivity index (χ1) is 8.82. The molecular weight excluding hydrogens is 267 g/mol. The molecule has 0 aliphatic carbocycles. The largest absolute Gasteiger partial charge is 0.479 e. The van der Waals surface area contributed by atoms with Crippen molar-refractivity contribution in [1.82, 2.24) is 5.32 Å². The number of benzene rings is 1. The molecule has 8 heteroatoms. The van der Waals surface area contributed by atoms with Crippen molar-refractivity contribution >= 4 is 11.9 Å². The Morgan fingerprint density at radius 3 is 2.21 bits per heavy atom. The molecular formula is C11H10F3NO4. The van der Waals surface area contributed by atoms with Gasteiger partial charge in [-0.1, -0.05) is 0 Å². The van der Waals surface area contributed by atoms with Crippen LogP contribution in [-0.2, 0) is 4.79 Å². The van der Waals surface area contributed by atoms with Gasteiger partial charge in [-0.25, -0.2) is 18.0 Å². The van der Waals surface area contributed by atoms with E-state index in [0.717, 1.165) is 0 Å². The van der Waals surface area contributed by atoms with Crippen molar-refractivity contribution in [3.8, 4) is 0 Å². The molecule has 104 valence electrons. The lowest BCUT2D eigenvalue weighted by Crippen LogP contribution is -2.30. The lowest BCUT2D eigenvalue weighted by atomic mass is 10.2. The smallest absolute Gasteiger partial charge is 0.332 e. The molecule has 19 heavy (non-hydrogen) atoms. The van der Waals surface area contributed by atoms with Gasteiger partial charge in [-0.3, -0.25) is 4.79 Å². The number of carboxylic acid groups (broad SMARTS) is 1. The molecule has 1 atom stereocenters. The lowest BCUT2D eigenvalue weighted by molar-refractivity contribution is -0.146. The van der Waals surface area contributed by atoms with E-state index in [0.29, 0.717) is 12.1 Å². The fourth-order valence-corrected chi connectivity index (χ4v) is 1.23. The number of halogens is 3. The molecule has 0 radical (unpaired) electrons. The van der Waals surface area contributed by atoms with Gasteiger partial charge in [0.1, 0.15) is 0 Å². The Bertz CT molecular complexity index is 484. The second-order valence-corrected chi connectivity index (χ2v) is 3.65. The van der Waals surface area contributed by atoms with Crippen molar-refractivity contribution in [2.75, 3.05) is 6.54 Å². The Morgan fingerprint density at radius 1 is 1.21 bits per heavy atom. The lowest BCUT2D eigenvalue weighted by Gasteiger charge is -2.08. The van der Waals surface area contributed by atoms with Gasteiger partial charge in [0.05, 0.1) is 0 Å². The minimum absolute atomic E-state index is 0.215. The van der Waals surface area contributed by atoms with Gasteiger partial charge in [0.2, 0.25) is 0 Å². The van der Waals surface area contributed by atoms with E-state index in [9.17, 15) is 22.8 Å². The molecule has 3 N–H and O–H groups in total. The molecule has 0 saturated carbocycles. The van der Waals surface area contributed by atoms with Crippen LogP contribution in [0.15, 0.2) is 12.1 Å². The maximum atomic E-state index is 12.8. The second-order valence-electron chi connectivity index (χ2n) is 3.65. The summed E-state index contributed by atoms with van der Waals surface area (Å²) in [5, 5.41) is 19.4. The monoisotopic (exact) mass is 277 g/mol. The van der Waals surface area contributed by atoms with Crippen molar-refractivity contribution in [1.29, 1.82) is 0 Å². The van der Waals surface area contributed by atoms with Crippen LogP contribution in [-0.4, -0.2) is 34.7 Å². The minimum atomic E-state index is -1.68. The van der Waals surface area contributed by atoms with Gasteiger partial charge in [-0.05, 0) is 12.1 Å². The fraction of sp³-hybridized carbons (Fsp3) is 0.273. The predicted octanol–water partition coefficient (Wildman–Crippen LogP) is 0.669. The summed E-state index contributed by atoms with van der Waals surface area (Å²) in [4.78, 5) is 21.7. The number of carboxylic acids is 1. The van der Waals surface area contributed by atoms with E-state index in [1.54, 1.807) is 0 Å². The van der Waals surface area contributed by atoms with Crippen molar-refractivity contribution in [2.45, 2.75) is 12.5 Å². The van der Waals surface area contributed by atoms with Crippen LogP contribution in [0, 0.1) is 17.5 Å². The third-order valence-electron chi connectivity index (χ3n) is 2.23. The Balaban J connectivity index is 2.62. The molecule has 0 spiro atoms. The van der Waals surface area contributed by atoms with Crippen molar-refractivity contribution in [3.63, 3.8) is 0 Å². The van der Waals surface area contributed by atoms with Crippen LogP contribution in [0.25, 0.3) is 0 Å². The van der Waals surface area contributed by atoms with E-state index in [-0.39, 0.29) is 13.0 Å². The number of hydrogen-bond acceptors (Lipinski definition) is 3. The maximum Gasteiger partial charge on any atom is 0.332 e. The van der Waals surface area contributed by atoms with Crippen LogP contribution in [0.1, 0.15) is 16.8 Å². The molecule has 5 nitrogen and oxygen atoms in total. The number of aliphatic hydroxyl groups is 1. The van der Waals surface area contributed by atoms with Gasteiger partial charge in [-0.15, -0.1) is 0 Å². The van der Waals surface area contributed by atoms with E-state index in [1.165, 1.54) is 0 Å². The highest BCUT2D eigenvalue weighted by Gasteiger charge is 2.16. The number of aliphatic carboxylic acids is 1. The predicted molar refractivity (Wildman–Crippen MR) is 56.9 cm³/mol. The number of hydrogen-bond donors (Lipinski definition) is 3. The Hall–Kier alpha value is -2.09. The number of nitrogens with one attached hydrogen (secondary N) is 1.